The lowest BCUT2D eigenvalue weighted by atomic mass is 10.1. The standard InChI is InChI=1S/C14H17N3O2.C7H8O/c1-10(19)8-13-11(2)14(15-9-18)17(16-13)12-6-4-3-5-7-12;1-8-7-5-3-2-4-6-7/h3-7,9-10,19H,8H2,1-2H3,(H,15,18);2-6H,1H3. The van der Waals surface area contributed by atoms with Crippen molar-refractivity contribution in [2.75, 3.05) is 12.4 Å². The van der Waals surface area contributed by atoms with Gasteiger partial charge in [0.05, 0.1) is 24.6 Å². The topological polar surface area (TPSA) is 76.4 Å². The molecule has 1 aromatic heterocycles. The summed E-state index contributed by atoms with van der Waals surface area (Å²) in [5.74, 6) is 1.55. The maximum absolute atomic E-state index is 10.7. The molecule has 2 N–H and O–H groups in total. The van der Waals surface area contributed by atoms with Crippen molar-refractivity contribution in [1.29, 1.82) is 0 Å². The maximum atomic E-state index is 10.7. The molecule has 0 saturated carbocycles. The number of aromatic nitrogens is 2. The Balaban J connectivity index is 0.000000273. The minimum atomic E-state index is -0.470. The Morgan fingerprint density at radius 1 is 1.15 bits per heavy atom. The number of para-hydroxylation sites is 2. The summed E-state index contributed by atoms with van der Waals surface area (Å²) < 4.78 is 6.60. The number of carbonyl (C=O) groups excluding carboxylic acids is 1. The highest BCUT2D eigenvalue weighted by atomic mass is 16.5. The van der Waals surface area contributed by atoms with Gasteiger partial charge in [0.1, 0.15) is 11.6 Å². The Morgan fingerprint density at radius 2 is 1.74 bits per heavy atom. The van der Waals surface area contributed by atoms with Crippen LogP contribution in [-0.2, 0) is 11.2 Å². The molecule has 27 heavy (non-hydrogen) atoms. The van der Waals surface area contributed by atoms with Crippen LogP contribution in [0.1, 0.15) is 18.2 Å². The lowest BCUT2D eigenvalue weighted by molar-refractivity contribution is -0.105. The number of rotatable bonds is 6. The summed E-state index contributed by atoms with van der Waals surface area (Å²) in [5, 5.41) is 16.6. The van der Waals surface area contributed by atoms with E-state index in [2.05, 4.69) is 10.4 Å². The number of carbonyl (C=O) groups is 1. The molecule has 2 aromatic carbocycles. The van der Waals surface area contributed by atoms with Crippen LogP contribution in [-0.4, -0.2) is 34.5 Å². The predicted molar refractivity (Wildman–Crippen MR) is 106 cm³/mol. The minimum absolute atomic E-state index is 0.458. The summed E-state index contributed by atoms with van der Waals surface area (Å²) in [5.41, 5.74) is 2.52. The molecule has 1 heterocycles. The van der Waals surface area contributed by atoms with E-state index in [1.165, 1.54) is 0 Å². The van der Waals surface area contributed by atoms with Gasteiger partial charge in [-0.05, 0) is 38.1 Å². The van der Waals surface area contributed by atoms with Crippen LogP contribution in [0.15, 0.2) is 60.7 Å². The van der Waals surface area contributed by atoms with Crippen molar-refractivity contribution in [2.24, 2.45) is 0 Å². The van der Waals surface area contributed by atoms with Crippen LogP contribution in [0, 0.1) is 6.92 Å². The van der Waals surface area contributed by atoms with Crippen LogP contribution in [0.2, 0.25) is 0 Å². The molecule has 0 saturated heterocycles. The zero-order valence-corrected chi connectivity index (χ0v) is 15.8. The molecule has 0 fully saturated rings. The molecule has 0 aliphatic rings. The summed E-state index contributed by atoms with van der Waals surface area (Å²) in [6.07, 6.45) is 0.622. The Hall–Kier alpha value is -3.12. The fraction of sp³-hybridized carbons (Fsp3) is 0.238. The first-order valence-electron chi connectivity index (χ1n) is 8.68. The lowest BCUT2D eigenvalue weighted by Crippen LogP contribution is -2.06. The average Bonchev–Trinajstić information content (AvgIpc) is 2.99. The largest absolute Gasteiger partial charge is 0.497 e. The minimum Gasteiger partial charge on any atom is -0.497 e. The van der Waals surface area contributed by atoms with Gasteiger partial charge >= 0.3 is 0 Å². The van der Waals surface area contributed by atoms with E-state index in [1.54, 1.807) is 18.7 Å². The maximum Gasteiger partial charge on any atom is 0.212 e. The number of aliphatic hydroxyl groups is 1. The molecule has 0 radical (unpaired) electrons. The molecule has 3 rings (SSSR count). The fourth-order valence-electron chi connectivity index (χ4n) is 2.55. The normalized spacial score (nSPS) is 11.1. The number of aliphatic hydroxyl groups excluding tert-OH is 1. The van der Waals surface area contributed by atoms with E-state index in [-0.39, 0.29) is 0 Å². The van der Waals surface area contributed by atoms with Crippen molar-refractivity contribution in [3.63, 3.8) is 0 Å². The van der Waals surface area contributed by atoms with E-state index in [0.29, 0.717) is 18.6 Å². The van der Waals surface area contributed by atoms with E-state index >= 15 is 0 Å². The molecule has 1 amide bonds. The summed E-state index contributed by atoms with van der Waals surface area (Å²) >= 11 is 0. The van der Waals surface area contributed by atoms with Crippen molar-refractivity contribution in [3.8, 4) is 11.4 Å². The molecule has 0 spiro atoms. The highest BCUT2D eigenvalue weighted by molar-refractivity contribution is 5.72. The summed E-state index contributed by atoms with van der Waals surface area (Å²) in [4.78, 5) is 10.7. The van der Waals surface area contributed by atoms with Gasteiger partial charge in [-0.2, -0.15) is 5.10 Å². The number of ether oxygens (including phenoxy) is 1. The first-order valence-corrected chi connectivity index (χ1v) is 8.68. The van der Waals surface area contributed by atoms with Gasteiger partial charge in [-0.1, -0.05) is 36.4 Å². The van der Waals surface area contributed by atoms with Crippen LogP contribution in [0.25, 0.3) is 5.69 Å². The molecule has 1 unspecified atom stereocenters. The van der Waals surface area contributed by atoms with Crippen LogP contribution < -0.4 is 10.1 Å². The van der Waals surface area contributed by atoms with Gasteiger partial charge in [-0.3, -0.25) is 4.79 Å². The van der Waals surface area contributed by atoms with E-state index in [0.717, 1.165) is 22.7 Å². The summed E-state index contributed by atoms with van der Waals surface area (Å²) in [6, 6.07) is 19.2. The van der Waals surface area contributed by atoms with Gasteiger partial charge in [-0.25, -0.2) is 4.68 Å². The van der Waals surface area contributed by atoms with Gasteiger partial charge in [0.25, 0.3) is 0 Å². The predicted octanol–water partition coefficient (Wildman–Crippen LogP) is 3.37. The lowest BCUT2D eigenvalue weighted by Gasteiger charge is -2.06. The number of nitrogens with one attached hydrogen (secondary N) is 1. The van der Waals surface area contributed by atoms with Crippen molar-refractivity contribution >= 4 is 12.2 Å². The number of benzene rings is 2. The first-order chi connectivity index (χ1) is 13.1. The number of amides is 1. The van der Waals surface area contributed by atoms with Crippen molar-refractivity contribution in [2.45, 2.75) is 26.4 Å². The van der Waals surface area contributed by atoms with Crippen LogP contribution in [0.3, 0.4) is 0 Å². The van der Waals surface area contributed by atoms with Crippen molar-refractivity contribution < 1.29 is 14.6 Å². The third-order valence-electron chi connectivity index (χ3n) is 3.88. The first kappa shape index (κ1) is 20.2. The molecule has 0 aliphatic carbocycles. The molecule has 6 nitrogen and oxygen atoms in total. The molecule has 6 heteroatoms. The third-order valence-corrected chi connectivity index (χ3v) is 3.88. The number of hydrogen-bond acceptors (Lipinski definition) is 4. The number of methoxy groups -OCH3 is 1. The SMILES string of the molecule is COc1ccccc1.Cc1c(CC(C)O)nn(-c2ccccc2)c1NC=O. The second-order valence-corrected chi connectivity index (χ2v) is 6.00. The van der Waals surface area contributed by atoms with E-state index in [1.807, 2.05) is 67.6 Å². The summed E-state index contributed by atoms with van der Waals surface area (Å²) in [6.45, 7) is 3.60. The molecule has 0 aliphatic heterocycles. The molecule has 0 bridgehead atoms. The number of anilines is 1. The van der Waals surface area contributed by atoms with E-state index < -0.39 is 6.10 Å². The van der Waals surface area contributed by atoms with E-state index in [9.17, 15) is 9.90 Å². The highest BCUT2D eigenvalue weighted by Crippen LogP contribution is 2.23. The second kappa shape index (κ2) is 10.1. The monoisotopic (exact) mass is 367 g/mol. The second-order valence-electron chi connectivity index (χ2n) is 6.00. The molecule has 1 atom stereocenters. The van der Waals surface area contributed by atoms with Crippen molar-refractivity contribution in [1.82, 2.24) is 9.78 Å². The molecule has 3 aromatic rings. The Kier molecular flexibility index (Phi) is 7.58. The quantitative estimate of drug-likeness (QED) is 0.655. The van der Waals surface area contributed by atoms with Gasteiger partial charge in [0, 0.05) is 12.0 Å². The Morgan fingerprint density at radius 3 is 2.22 bits per heavy atom. The molecular formula is C21H25N3O3. The van der Waals surface area contributed by atoms with E-state index in [4.69, 9.17) is 4.74 Å². The zero-order chi connectivity index (χ0) is 19.6. The van der Waals surface area contributed by atoms with Crippen molar-refractivity contribution in [3.05, 3.63) is 71.9 Å². The smallest absolute Gasteiger partial charge is 0.212 e. The van der Waals surface area contributed by atoms with Crippen LogP contribution in [0.5, 0.6) is 5.75 Å². The average molecular weight is 367 g/mol. The Bertz CT molecular complexity index is 831. The zero-order valence-electron chi connectivity index (χ0n) is 15.8. The van der Waals surface area contributed by atoms with Crippen LogP contribution >= 0.6 is 0 Å². The summed E-state index contributed by atoms with van der Waals surface area (Å²) in [7, 11) is 1.66. The van der Waals surface area contributed by atoms with Crippen LogP contribution in [0.4, 0.5) is 5.82 Å². The molecule has 142 valence electrons. The molecular weight excluding hydrogens is 342 g/mol. The third kappa shape index (κ3) is 5.69. The fourth-order valence-corrected chi connectivity index (χ4v) is 2.55. The number of nitrogens with zero attached hydrogens (tertiary/aromatic N) is 2. The number of hydrogen-bond donors (Lipinski definition) is 2. The van der Waals surface area contributed by atoms with Gasteiger partial charge in [0.15, 0.2) is 0 Å². The van der Waals surface area contributed by atoms with Gasteiger partial charge < -0.3 is 15.2 Å². The van der Waals surface area contributed by atoms with Gasteiger partial charge in [0.2, 0.25) is 6.41 Å². The Labute approximate surface area is 159 Å². The van der Waals surface area contributed by atoms with Gasteiger partial charge in [-0.15, -0.1) is 0 Å². The highest BCUT2D eigenvalue weighted by Gasteiger charge is 2.16.